The maximum Gasteiger partial charge on any atom is 0.257 e. The lowest BCUT2D eigenvalue weighted by molar-refractivity contribution is 0.493. The molecule has 0 atom stereocenters. The molecular weight excluding hydrogens is 246 g/mol. The molecule has 0 fully saturated rings. The smallest absolute Gasteiger partial charge is 0.257 e. The summed E-state index contributed by atoms with van der Waals surface area (Å²) in [4.78, 5) is 2.41. The number of nitrogens with zero attached hydrogens (tertiary/aromatic N) is 2. The predicted octanol–water partition coefficient (Wildman–Crippen LogP) is 2.90. The van der Waals surface area contributed by atoms with Gasteiger partial charge in [0.25, 0.3) is 5.89 Å². The van der Waals surface area contributed by atoms with Crippen molar-refractivity contribution in [2.75, 3.05) is 13.1 Å². The van der Waals surface area contributed by atoms with Gasteiger partial charge in [0, 0.05) is 11.3 Å². The largest absolute Gasteiger partial charge is 0.420 e. The lowest BCUT2D eigenvalue weighted by atomic mass is 10.3. The topological polar surface area (TPSA) is 51.0 Å². The van der Waals surface area contributed by atoms with Crippen molar-refractivity contribution in [2.24, 2.45) is 0 Å². The van der Waals surface area contributed by atoms with Gasteiger partial charge in [0.05, 0.1) is 4.88 Å². The normalized spacial score (nSPS) is 11.0. The fraction of sp³-hybridized carbons (Fsp3) is 0.538. The second-order valence-electron chi connectivity index (χ2n) is 4.08. The van der Waals surface area contributed by atoms with Crippen LogP contribution in [-0.2, 0) is 12.8 Å². The lowest BCUT2D eigenvalue weighted by Crippen LogP contribution is -2.14. The first-order valence-corrected chi connectivity index (χ1v) is 7.27. The first-order chi connectivity index (χ1) is 8.83. The zero-order valence-corrected chi connectivity index (χ0v) is 11.7. The number of aromatic nitrogens is 2. The molecule has 0 radical (unpaired) electrons. The van der Waals surface area contributed by atoms with E-state index >= 15 is 0 Å². The van der Waals surface area contributed by atoms with Crippen LogP contribution in [0.4, 0.5) is 0 Å². The van der Waals surface area contributed by atoms with Gasteiger partial charge in [0.15, 0.2) is 0 Å². The molecule has 0 aliphatic heterocycles. The number of nitrogens with one attached hydrogen (secondary N) is 1. The second kappa shape index (κ2) is 6.66. The molecule has 2 rings (SSSR count). The van der Waals surface area contributed by atoms with Crippen molar-refractivity contribution in [2.45, 2.75) is 33.1 Å². The maximum atomic E-state index is 5.67. The highest BCUT2D eigenvalue weighted by Gasteiger charge is 2.10. The highest BCUT2D eigenvalue weighted by Crippen LogP contribution is 2.27. The van der Waals surface area contributed by atoms with Gasteiger partial charge in [0.1, 0.15) is 0 Å². The third-order valence-corrected chi connectivity index (χ3v) is 3.90. The van der Waals surface area contributed by atoms with Crippen molar-refractivity contribution in [1.82, 2.24) is 15.5 Å². The van der Waals surface area contributed by atoms with Crippen LogP contribution in [0.3, 0.4) is 0 Å². The third-order valence-electron chi connectivity index (χ3n) is 2.68. The van der Waals surface area contributed by atoms with E-state index in [4.69, 9.17) is 4.42 Å². The van der Waals surface area contributed by atoms with Crippen LogP contribution in [0.15, 0.2) is 16.5 Å². The highest BCUT2D eigenvalue weighted by atomic mass is 32.1. The monoisotopic (exact) mass is 265 g/mol. The first-order valence-electron chi connectivity index (χ1n) is 6.45. The van der Waals surface area contributed by atoms with E-state index in [0.29, 0.717) is 5.89 Å². The molecule has 0 bridgehead atoms. The Morgan fingerprint density at radius 1 is 1.28 bits per heavy atom. The van der Waals surface area contributed by atoms with Gasteiger partial charge in [-0.1, -0.05) is 13.8 Å². The summed E-state index contributed by atoms with van der Waals surface area (Å²) in [6, 6.07) is 4.18. The lowest BCUT2D eigenvalue weighted by Gasteiger charge is -1.97. The summed E-state index contributed by atoms with van der Waals surface area (Å²) < 4.78 is 5.67. The van der Waals surface area contributed by atoms with Gasteiger partial charge in [-0.2, -0.15) is 0 Å². The molecule has 98 valence electrons. The molecule has 5 heteroatoms. The van der Waals surface area contributed by atoms with E-state index in [1.165, 1.54) is 4.88 Å². The first kappa shape index (κ1) is 13.2. The van der Waals surface area contributed by atoms with Crippen molar-refractivity contribution >= 4 is 11.3 Å². The molecule has 0 aliphatic carbocycles. The molecule has 18 heavy (non-hydrogen) atoms. The molecule has 2 aromatic heterocycles. The Labute approximate surface area is 111 Å². The summed E-state index contributed by atoms with van der Waals surface area (Å²) in [6.45, 7) is 6.25. The van der Waals surface area contributed by atoms with Crippen LogP contribution in [0.5, 0.6) is 0 Å². The van der Waals surface area contributed by atoms with E-state index in [1.54, 1.807) is 11.3 Å². The van der Waals surface area contributed by atoms with Crippen molar-refractivity contribution in [3.63, 3.8) is 0 Å². The Morgan fingerprint density at radius 2 is 2.17 bits per heavy atom. The Hall–Kier alpha value is -1.20. The van der Waals surface area contributed by atoms with Crippen LogP contribution >= 0.6 is 11.3 Å². The van der Waals surface area contributed by atoms with E-state index in [2.05, 4.69) is 41.5 Å². The second-order valence-corrected chi connectivity index (χ2v) is 5.25. The molecule has 4 nitrogen and oxygen atoms in total. The van der Waals surface area contributed by atoms with Crippen LogP contribution in [0.25, 0.3) is 10.8 Å². The van der Waals surface area contributed by atoms with Crippen molar-refractivity contribution in [1.29, 1.82) is 0 Å². The van der Waals surface area contributed by atoms with Crippen LogP contribution < -0.4 is 5.32 Å². The van der Waals surface area contributed by atoms with E-state index in [9.17, 15) is 0 Å². The summed E-state index contributed by atoms with van der Waals surface area (Å²) in [7, 11) is 0. The zero-order valence-electron chi connectivity index (χ0n) is 10.9. The maximum absolute atomic E-state index is 5.67. The van der Waals surface area contributed by atoms with E-state index in [-0.39, 0.29) is 0 Å². The van der Waals surface area contributed by atoms with Gasteiger partial charge in [-0.25, -0.2) is 0 Å². The molecule has 0 aromatic carbocycles. The van der Waals surface area contributed by atoms with Crippen LogP contribution in [-0.4, -0.2) is 23.3 Å². The summed E-state index contributed by atoms with van der Waals surface area (Å²) in [5.41, 5.74) is 0. The summed E-state index contributed by atoms with van der Waals surface area (Å²) in [5.74, 6) is 1.38. The Bertz CT molecular complexity index is 478. The molecule has 0 amide bonds. The molecular formula is C13H19N3OS. The summed E-state index contributed by atoms with van der Waals surface area (Å²) >= 11 is 1.72. The van der Waals surface area contributed by atoms with Gasteiger partial charge < -0.3 is 9.73 Å². The Morgan fingerprint density at radius 3 is 2.89 bits per heavy atom. The van der Waals surface area contributed by atoms with Crippen LogP contribution in [0.2, 0.25) is 0 Å². The number of rotatable bonds is 7. The number of hydrogen-bond donors (Lipinski definition) is 1. The Kier molecular flexibility index (Phi) is 4.90. The van der Waals surface area contributed by atoms with E-state index in [0.717, 1.165) is 43.1 Å². The molecule has 0 aliphatic rings. The number of hydrogen-bond acceptors (Lipinski definition) is 5. The van der Waals surface area contributed by atoms with Gasteiger partial charge in [-0.05, 0) is 38.1 Å². The molecule has 2 aromatic rings. The minimum atomic E-state index is 0.651. The fourth-order valence-corrected chi connectivity index (χ4v) is 2.55. The Balaban J connectivity index is 1.93. The predicted molar refractivity (Wildman–Crippen MR) is 73.9 cm³/mol. The molecule has 0 saturated heterocycles. The highest BCUT2D eigenvalue weighted by molar-refractivity contribution is 7.15. The quantitative estimate of drug-likeness (QED) is 0.782. The van der Waals surface area contributed by atoms with Crippen LogP contribution in [0.1, 0.15) is 31.0 Å². The van der Waals surface area contributed by atoms with Gasteiger partial charge in [-0.15, -0.1) is 21.5 Å². The molecule has 0 spiro atoms. The van der Waals surface area contributed by atoms with Crippen molar-refractivity contribution < 1.29 is 4.42 Å². The third kappa shape index (κ3) is 3.40. The average molecular weight is 265 g/mol. The number of aryl methyl sites for hydroxylation is 2. The van der Waals surface area contributed by atoms with E-state index < -0.39 is 0 Å². The van der Waals surface area contributed by atoms with Gasteiger partial charge >= 0.3 is 0 Å². The standard InChI is InChI=1S/C13H19N3OS/c1-3-10-7-8-11(18-10)13-16-15-12(17-13)6-5-9-14-4-2/h7-8,14H,3-6,9H2,1-2H3. The molecule has 0 saturated carbocycles. The van der Waals surface area contributed by atoms with Crippen molar-refractivity contribution in [3.8, 4) is 10.8 Å². The SMILES string of the molecule is CCNCCCc1nnc(-c2ccc(CC)s2)o1. The summed E-state index contributed by atoms with van der Waals surface area (Å²) in [5, 5.41) is 11.5. The molecule has 0 unspecified atom stereocenters. The fourth-order valence-electron chi connectivity index (χ4n) is 1.68. The summed E-state index contributed by atoms with van der Waals surface area (Å²) in [6.07, 6.45) is 2.92. The van der Waals surface area contributed by atoms with Crippen molar-refractivity contribution in [3.05, 3.63) is 22.9 Å². The van der Waals surface area contributed by atoms with Gasteiger partial charge in [0.2, 0.25) is 5.89 Å². The molecule has 2 heterocycles. The molecule has 1 N–H and O–H groups in total. The average Bonchev–Trinajstić information content (AvgIpc) is 3.03. The minimum Gasteiger partial charge on any atom is -0.420 e. The minimum absolute atomic E-state index is 0.651. The van der Waals surface area contributed by atoms with Crippen LogP contribution in [0, 0.1) is 0 Å². The zero-order chi connectivity index (χ0) is 12.8. The van der Waals surface area contributed by atoms with Gasteiger partial charge in [-0.3, -0.25) is 0 Å². The number of thiophene rings is 1. The van der Waals surface area contributed by atoms with E-state index in [1.807, 2.05) is 0 Å².